The fourth-order valence-electron chi connectivity index (χ4n) is 1.94. The van der Waals surface area contributed by atoms with Crippen LogP contribution in [0.25, 0.3) is 0 Å². The molecule has 0 aromatic heterocycles. The largest absolute Gasteiger partial charge is 0.374 e. The lowest BCUT2D eigenvalue weighted by Crippen LogP contribution is -2.27. The second-order valence-electron chi connectivity index (χ2n) is 4.85. The molecule has 1 aliphatic rings. The van der Waals surface area contributed by atoms with Gasteiger partial charge in [0.05, 0.1) is 0 Å². The molecule has 0 radical (unpaired) electrons. The van der Waals surface area contributed by atoms with E-state index in [1.807, 2.05) is 0 Å². The molecule has 2 rings (SSSR count). The van der Waals surface area contributed by atoms with Gasteiger partial charge in [0.1, 0.15) is 0 Å². The van der Waals surface area contributed by atoms with Crippen molar-refractivity contribution >= 4 is 18.3 Å². The summed E-state index contributed by atoms with van der Waals surface area (Å²) >= 11 is 4.44. The summed E-state index contributed by atoms with van der Waals surface area (Å²) in [4.78, 5) is 2.35. The molecule has 0 atom stereocenters. The number of rotatable bonds is 4. The predicted octanol–water partition coefficient (Wildman–Crippen LogP) is 3.14. The SMILES string of the molecule is Cc1ccc(N(C)CC2(CS)CC2)cc1. The van der Waals surface area contributed by atoms with Crippen LogP contribution in [0.1, 0.15) is 18.4 Å². The van der Waals surface area contributed by atoms with Crippen LogP contribution >= 0.6 is 12.6 Å². The van der Waals surface area contributed by atoms with Gasteiger partial charge in [0, 0.05) is 19.3 Å². The summed E-state index contributed by atoms with van der Waals surface area (Å²) < 4.78 is 0. The van der Waals surface area contributed by atoms with E-state index in [1.165, 1.54) is 24.1 Å². The molecule has 1 fully saturated rings. The van der Waals surface area contributed by atoms with Crippen LogP contribution < -0.4 is 4.90 Å². The Morgan fingerprint density at radius 1 is 1.27 bits per heavy atom. The minimum absolute atomic E-state index is 0.503. The molecule has 0 bridgehead atoms. The number of aryl methyl sites for hydroxylation is 1. The summed E-state index contributed by atoms with van der Waals surface area (Å²) in [6.07, 6.45) is 2.68. The van der Waals surface area contributed by atoms with Gasteiger partial charge in [-0.3, -0.25) is 0 Å². The normalized spacial score (nSPS) is 17.5. The van der Waals surface area contributed by atoms with Crippen LogP contribution in [0.5, 0.6) is 0 Å². The monoisotopic (exact) mass is 221 g/mol. The Kier molecular flexibility index (Phi) is 2.96. The summed E-state index contributed by atoms with van der Waals surface area (Å²) in [5.41, 5.74) is 3.14. The molecule has 0 heterocycles. The van der Waals surface area contributed by atoms with Crippen LogP contribution in [0, 0.1) is 12.3 Å². The first-order valence-electron chi connectivity index (χ1n) is 5.54. The lowest BCUT2D eigenvalue weighted by Gasteiger charge is -2.24. The maximum atomic E-state index is 4.44. The third-order valence-electron chi connectivity index (χ3n) is 3.34. The van der Waals surface area contributed by atoms with Gasteiger partial charge < -0.3 is 4.90 Å². The molecule has 1 saturated carbocycles. The molecular formula is C13H19NS. The minimum Gasteiger partial charge on any atom is -0.374 e. The van der Waals surface area contributed by atoms with Crippen LogP contribution in [0.3, 0.4) is 0 Å². The van der Waals surface area contributed by atoms with Crippen molar-refractivity contribution < 1.29 is 0 Å². The number of thiol groups is 1. The molecule has 0 aliphatic heterocycles. The second-order valence-corrected chi connectivity index (χ2v) is 5.17. The molecule has 0 amide bonds. The van der Waals surface area contributed by atoms with Crippen molar-refractivity contribution in [1.82, 2.24) is 0 Å². The van der Waals surface area contributed by atoms with E-state index >= 15 is 0 Å². The first kappa shape index (κ1) is 10.9. The first-order valence-corrected chi connectivity index (χ1v) is 6.17. The van der Waals surface area contributed by atoms with E-state index in [0.717, 1.165) is 12.3 Å². The zero-order valence-electron chi connectivity index (χ0n) is 9.53. The molecule has 0 N–H and O–H groups in total. The molecule has 82 valence electrons. The zero-order valence-corrected chi connectivity index (χ0v) is 10.4. The smallest absolute Gasteiger partial charge is 0.0363 e. The van der Waals surface area contributed by atoms with E-state index in [1.54, 1.807) is 0 Å². The fraction of sp³-hybridized carbons (Fsp3) is 0.538. The molecule has 0 unspecified atom stereocenters. The summed E-state index contributed by atoms with van der Waals surface area (Å²) in [7, 11) is 2.17. The lowest BCUT2D eigenvalue weighted by molar-refractivity contribution is 0.581. The second kappa shape index (κ2) is 4.09. The highest BCUT2D eigenvalue weighted by atomic mass is 32.1. The number of hydrogen-bond acceptors (Lipinski definition) is 2. The quantitative estimate of drug-likeness (QED) is 0.764. The fourth-order valence-corrected chi connectivity index (χ4v) is 2.35. The van der Waals surface area contributed by atoms with Gasteiger partial charge in [-0.25, -0.2) is 0 Å². The molecule has 1 nitrogen and oxygen atoms in total. The molecule has 0 spiro atoms. The Bertz CT molecular complexity index is 327. The van der Waals surface area contributed by atoms with Crippen molar-refractivity contribution in [3.8, 4) is 0 Å². The van der Waals surface area contributed by atoms with Gasteiger partial charge in [-0.05, 0) is 43.1 Å². The van der Waals surface area contributed by atoms with Gasteiger partial charge in [0.15, 0.2) is 0 Å². The average molecular weight is 221 g/mol. The van der Waals surface area contributed by atoms with Gasteiger partial charge in [-0.2, -0.15) is 12.6 Å². The highest BCUT2D eigenvalue weighted by Gasteiger charge is 2.41. The molecule has 1 aromatic rings. The molecule has 2 heteroatoms. The molecule has 15 heavy (non-hydrogen) atoms. The van der Waals surface area contributed by atoms with E-state index in [-0.39, 0.29) is 0 Å². The maximum Gasteiger partial charge on any atom is 0.0363 e. The molecule has 1 aromatic carbocycles. The summed E-state index contributed by atoms with van der Waals surface area (Å²) in [5, 5.41) is 0. The van der Waals surface area contributed by atoms with Crippen molar-refractivity contribution in [2.75, 3.05) is 24.2 Å². The van der Waals surface area contributed by atoms with Gasteiger partial charge in [-0.1, -0.05) is 17.7 Å². The minimum atomic E-state index is 0.503. The summed E-state index contributed by atoms with van der Waals surface area (Å²) in [6.45, 7) is 3.26. The van der Waals surface area contributed by atoms with Crippen molar-refractivity contribution in [1.29, 1.82) is 0 Å². The maximum absolute atomic E-state index is 4.44. The number of nitrogens with zero attached hydrogens (tertiary/aromatic N) is 1. The lowest BCUT2D eigenvalue weighted by atomic mass is 10.1. The Morgan fingerprint density at radius 2 is 1.87 bits per heavy atom. The standard InChI is InChI=1S/C13H19NS/c1-11-3-5-12(6-4-11)14(2)9-13(10-15)7-8-13/h3-6,15H,7-10H2,1-2H3. The number of anilines is 1. The van der Waals surface area contributed by atoms with Gasteiger partial charge >= 0.3 is 0 Å². The molecular weight excluding hydrogens is 202 g/mol. The van der Waals surface area contributed by atoms with E-state index in [4.69, 9.17) is 0 Å². The Labute approximate surface area is 97.9 Å². The molecule has 0 saturated heterocycles. The first-order chi connectivity index (χ1) is 7.15. The topological polar surface area (TPSA) is 3.24 Å². The van der Waals surface area contributed by atoms with E-state index in [0.29, 0.717) is 5.41 Å². The van der Waals surface area contributed by atoms with Gasteiger partial charge in [0.25, 0.3) is 0 Å². The van der Waals surface area contributed by atoms with Crippen molar-refractivity contribution in [2.24, 2.45) is 5.41 Å². The Morgan fingerprint density at radius 3 is 2.33 bits per heavy atom. The van der Waals surface area contributed by atoms with E-state index in [2.05, 4.69) is 55.8 Å². The van der Waals surface area contributed by atoms with Crippen LogP contribution in [0.15, 0.2) is 24.3 Å². The van der Waals surface area contributed by atoms with Crippen molar-refractivity contribution in [3.63, 3.8) is 0 Å². The third kappa shape index (κ3) is 2.49. The Balaban J connectivity index is 2.01. The van der Waals surface area contributed by atoms with Gasteiger partial charge in [-0.15, -0.1) is 0 Å². The number of hydrogen-bond donors (Lipinski definition) is 1. The van der Waals surface area contributed by atoms with Crippen LogP contribution in [-0.4, -0.2) is 19.3 Å². The van der Waals surface area contributed by atoms with Crippen molar-refractivity contribution in [2.45, 2.75) is 19.8 Å². The van der Waals surface area contributed by atoms with Crippen LogP contribution in [0.2, 0.25) is 0 Å². The van der Waals surface area contributed by atoms with Crippen LogP contribution in [-0.2, 0) is 0 Å². The van der Waals surface area contributed by atoms with Gasteiger partial charge in [0.2, 0.25) is 0 Å². The summed E-state index contributed by atoms with van der Waals surface area (Å²) in [6, 6.07) is 8.74. The van der Waals surface area contributed by atoms with E-state index < -0.39 is 0 Å². The van der Waals surface area contributed by atoms with E-state index in [9.17, 15) is 0 Å². The third-order valence-corrected chi connectivity index (χ3v) is 4.01. The molecule has 1 aliphatic carbocycles. The van der Waals surface area contributed by atoms with Crippen molar-refractivity contribution in [3.05, 3.63) is 29.8 Å². The highest BCUT2D eigenvalue weighted by molar-refractivity contribution is 7.80. The van der Waals surface area contributed by atoms with Crippen LogP contribution in [0.4, 0.5) is 5.69 Å². The highest BCUT2D eigenvalue weighted by Crippen LogP contribution is 2.47. The zero-order chi connectivity index (χ0) is 10.9. The Hall–Kier alpha value is -0.630. The summed E-state index contributed by atoms with van der Waals surface area (Å²) in [5.74, 6) is 1.02. The number of benzene rings is 1. The predicted molar refractivity (Wildman–Crippen MR) is 70.0 cm³/mol. The average Bonchev–Trinajstić information content (AvgIpc) is 2.99.